The number of β-amino-alcohol motifs (C(OH)–C–C–N with tert-alkyl or cyclic N) is 1. The highest BCUT2D eigenvalue weighted by Gasteiger charge is 2.36. The van der Waals surface area contributed by atoms with Gasteiger partial charge in [0.1, 0.15) is 11.3 Å². The average molecular weight is 322 g/mol. The monoisotopic (exact) mass is 322 g/mol. The number of H-pyrrole nitrogens is 1. The molecule has 1 atom stereocenters. The summed E-state index contributed by atoms with van der Waals surface area (Å²) in [4.78, 5) is 2.33. The van der Waals surface area contributed by atoms with Crippen molar-refractivity contribution in [2.75, 3.05) is 19.6 Å². The molecule has 2 N–H and O–H groups in total. The summed E-state index contributed by atoms with van der Waals surface area (Å²) < 4.78 is 0. The standard InChI is InChI=1S/C19H22N4O/c24-19(18-13-20-22-21-18)9-3-10-23(14-19)11-8-15-6-7-16-4-1-2-5-17(16)12-15/h1-2,4-7,12-13,24H,3,8-11,14H2,(H,20,21,22)/t19-/m1/s1. The second-order valence-electron chi connectivity index (χ2n) is 6.70. The molecule has 3 aromatic rings. The van der Waals surface area contributed by atoms with Gasteiger partial charge in [-0.15, -0.1) is 0 Å². The first kappa shape index (κ1) is 15.3. The van der Waals surface area contributed by atoms with E-state index in [1.54, 1.807) is 6.20 Å². The van der Waals surface area contributed by atoms with Gasteiger partial charge in [0, 0.05) is 13.1 Å². The van der Waals surface area contributed by atoms with Gasteiger partial charge in [0.2, 0.25) is 0 Å². The van der Waals surface area contributed by atoms with Gasteiger partial charge in [0.25, 0.3) is 0 Å². The summed E-state index contributed by atoms with van der Waals surface area (Å²) in [5.74, 6) is 0. The molecule has 0 radical (unpaired) electrons. The molecule has 1 aliphatic rings. The van der Waals surface area contributed by atoms with Crippen LogP contribution >= 0.6 is 0 Å². The number of piperidine rings is 1. The predicted molar refractivity (Wildman–Crippen MR) is 93.6 cm³/mol. The second-order valence-corrected chi connectivity index (χ2v) is 6.70. The minimum Gasteiger partial charge on any atom is -0.382 e. The number of nitrogens with zero attached hydrogens (tertiary/aromatic N) is 3. The van der Waals surface area contributed by atoms with Gasteiger partial charge in [-0.3, -0.25) is 4.90 Å². The van der Waals surface area contributed by atoms with Gasteiger partial charge >= 0.3 is 0 Å². The lowest BCUT2D eigenvalue weighted by Crippen LogP contribution is -2.46. The maximum atomic E-state index is 10.9. The van der Waals surface area contributed by atoms with Crippen LogP contribution in [0.4, 0.5) is 0 Å². The van der Waals surface area contributed by atoms with Crippen molar-refractivity contribution >= 4 is 10.8 Å². The van der Waals surface area contributed by atoms with Crippen LogP contribution in [0.25, 0.3) is 10.8 Å². The Hall–Kier alpha value is -2.24. The first-order chi connectivity index (χ1) is 11.7. The fraction of sp³-hybridized carbons (Fsp3) is 0.368. The van der Waals surface area contributed by atoms with E-state index in [1.807, 2.05) is 0 Å². The normalized spacial score (nSPS) is 22.0. The highest BCUT2D eigenvalue weighted by atomic mass is 16.3. The quantitative estimate of drug-likeness (QED) is 0.774. The summed E-state index contributed by atoms with van der Waals surface area (Å²) in [5.41, 5.74) is 1.11. The summed E-state index contributed by atoms with van der Waals surface area (Å²) in [6, 6.07) is 15.1. The fourth-order valence-corrected chi connectivity index (χ4v) is 3.63. The van der Waals surface area contributed by atoms with Crippen molar-refractivity contribution in [1.29, 1.82) is 0 Å². The maximum absolute atomic E-state index is 10.9. The number of hydrogen-bond donors (Lipinski definition) is 2. The van der Waals surface area contributed by atoms with E-state index in [0.29, 0.717) is 12.2 Å². The number of fused-ring (bicyclic) bond motifs is 1. The molecular formula is C19H22N4O. The largest absolute Gasteiger partial charge is 0.382 e. The van der Waals surface area contributed by atoms with E-state index in [1.165, 1.54) is 16.3 Å². The van der Waals surface area contributed by atoms with Crippen LogP contribution in [0.5, 0.6) is 0 Å². The van der Waals surface area contributed by atoms with Crippen LogP contribution in [-0.4, -0.2) is 45.1 Å². The lowest BCUT2D eigenvalue weighted by molar-refractivity contribution is -0.0385. The summed E-state index contributed by atoms with van der Waals surface area (Å²) in [7, 11) is 0. The Morgan fingerprint density at radius 3 is 2.88 bits per heavy atom. The molecule has 24 heavy (non-hydrogen) atoms. The van der Waals surface area contributed by atoms with Crippen LogP contribution in [0.15, 0.2) is 48.7 Å². The molecule has 1 fully saturated rings. The molecule has 5 heteroatoms. The number of benzene rings is 2. The Kier molecular flexibility index (Phi) is 4.04. The molecule has 0 bridgehead atoms. The lowest BCUT2D eigenvalue weighted by Gasteiger charge is -2.38. The maximum Gasteiger partial charge on any atom is 0.123 e. The third-order valence-corrected chi connectivity index (χ3v) is 4.97. The minimum absolute atomic E-state index is 0.618. The number of hydrogen-bond acceptors (Lipinski definition) is 4. The third kappa shape index (κ3) is 3.05. The molecule has 1 aliphatic heterocycles. The first-order valence-corrected chi connectivity index (χ1v) is 8.52. The summed E-state index contributed by atoms with van der Waals surface area (Å²) in [6.07, 6.45) is 4.33. The lowest BCUT2D eigenvalue weighted by atomic mass is 9.90. The van der Waals surface area contributed by atoms with Crippen molar-refractivity contribution in [3.8, 4) is 0 Å². The number of aromatic nitrogens is 3. The highest BCUT2D eigenvalue weighted by Crippen LogP contribution is 2.29. The van der Waals surface area contributed by atoms with Crippen LogP contribution < -0.4 is 0 Å². The molecule has 124 valence electrons. The van der Waals surface area contributed by atoms with Crippen molar-refractivity contribution in [2.45, 2.75) is 24.9 Å². The first-order valence-electron chi connectivity index (χ1n) is 8.52. The molecular weight excluding hydrogens is 300 g/mol. The van der Waals surface area contributed by atoms with Gasteiger partial charge in [0.15, 0.2) is 0 Å². The zero-order valence-electron chi connectivity index (χ0n) is 13.7. The molecule has 5 nitrogen and oxygen atoms in total. The van der Waals surface area contributed by atoms with E-state index in [9.17, 15) is 5.11 Å². The molecule has 2 heterocycles. The fourth-order valence-electron chi connectivity index (χ4n) is 3.63. The van der Waals surface area contributed by atoms with Gasteiger partial charge in [-0.2, -0.15) is 15.4 Å². The number of rotatable bonds is 4. The van der Waals surface area contributed by atoms with E-state index < -0.39 is 5.60 Å². The Morgan fingerprint density at radius 1 is 1.17 bits per heavy atom. The molecule has 0 amide bonds. The van der Waals surface area contributed by atoms with E-state index in [0.717, 1.165) is 32.4 Å². The van der Waals surface area contributed by atoms with Crippen LogP contribution in [0, 0.1) is 0 Å². The topological polar surface area (TPSA) is 65.0 Å². The van der Waals surface area contributed by atoms with Crippen molar-refractivity contribution in [3.63, 3.8) is 0 Å². The van der Waals surface area contributed by atoms with E-state index in [4.69, 9.17) is 0 Å². The van der Waals surface area contributed by atoms with Gasteiger partial charge in [0.05, 0.1) is 6.20 Å². The highest BCUT2D eigenvalue weighted by molar-refractivity contribution is 5.82. The van der Waals surface area contributed by atoms with E-state index in [-0.39, 0.29) is 0 Å². The predicted octanol–water partition coefficient (Wildman–Crippen LogP) is 2.48. The van der Waals surface area contributed by atoms with Gasteiger partial charge in [-0.25, -0.2) is 0 Å². The van der Waals surface area contributed by atoms with Crippen molar-refractivity contribution < 1.29 is 5.11 Å². The molecule has 1 aromatic heterocycles. The van der Waals surface area contributed by atoms with Gasteiger partial charge < -0.3 is 5.11 Å². The second kappa shape index (κ2) is 6.34. The zero-order chi connectivity index (χ0) is 16.4. The summed E-state index contributed by atoms with van der Waals surface area (Å²) in [6.45, 7) is 2.58. The number of aliphatic hydroxyl groups is 1. The summed E-state index contributed by atoms with van der Waals surface area (Å²) >= 11 is 0. The molecule has 1 saturated heterocycles. The zero-order valence-corrected chi connectivity index (χ0v) is 13.7. The molecule has 0 saturated carbocycles. The van der Waals surface area contributed by atoms with Gasteiger partial charge in [-0.05, 0) is 42.1 Å². The molecule has 0 unspecified atom stereocenters. The van der Waals surface area contributed by atoms with Crippen LogP contribution in [-0.2, 0) is 12.0 Å². The Labute approximate surface area is 141 Å². The van der Waals surface area contributed by atoms with Crippen LogP contribution in [0.3, 0.4) is 0 Å². The van der Waals surface area contributed by atoms with Crippen LogP contribution in [0.1, 0.15) is 24.1 Å². The summed E-state index contributed by atoms with van der Waals surface area (Å²) in [5, 5.41) is 24.0. The van der Waals surface area contributed by atoms with Crippen molar-refractivity contribution in [1.82, 2.24) is 20.3 Å². The molecule has 0 spiro atoms. The third-order valence-electron chi connectivity index (χ3n) is 4.97. The van der Waals surface area contributed by atoms with E-state index in [2.05, 4.69) is 62.8 Å². The SMILES string of the molecule is O[C@]1(c2cn[nH]n2)CCCN(CCc2ccc3ccccc3c2)C1. The number of aromatic amines is 1. The molecule has 2 aromatic carbocycles. The number of likely N-dealkylation sites (tertiary alicyclic amines) is 1. The van der Waals surface area contributed by atoms with E-state index >= 15 is 0 Å². The van der Waals surface area contributed by atoms with Gasteiger partial charge in [-0.1, -0.05) is 42.5 Å². The van der Waals surface area contributed by atoms with Crippen molar-refractivity contribution in [2.24, 2.45) is 0 Å². The Morgan fingerprint density at radius 2 is 2.04 bits per heavy atom. The Balaban J connectivity index is 1.43. The average Bonchev–Trinajstić information content (AvgIpc) is 3.16. The smallest absolute Gasteiger partial charge is 0.123 e. The molecule has 4 rings (SSSR count). The van der Waals surface area contributed by atoms with Crippen molar-refractivity contribution in [3.05, 3.63) is 59.9 Å². The minimum atomic E-state index is -0.880. The Bertz CT molecular complexity index is 817. The molecule has 0 aliphatic carbocycles. The van der Waals surface area contributed by atoms with Crippen LogP contribution in [0.2, 0.25) is 0 Å². The number of nitrogens with one attached hydrogen (secondary N) is 1.